The molecule has 0 saturated carbocycles. The van der Waals surface area contributed by atoms with Crippen molar-refractivity contribution in [2.24, 2.45) is 0 Å². The van der Waals surface area contributed by atoms with Crippen LogP contribution in [0.4, 0.5) is 0 Å². The number of carboxylic acids is 1. The van der Waals surface area contributed by atoms with E-state index in [1.54, 1.807) is 18.4 Å². The van der Waals surface area contributed by atoms with E-state index in [4.69, 9.17) is 9.52 Å². The molecule has 4 nitrogen and oxygen atoms in total. The van der Waals surface area contributed by atoms with Gasteiger partial charge in [-0.1, -0.05) is 19.1 Å². The summed E-state index contributed by atoms with van der Waals surface area (Å²) < 4.78 is 5.33. The number of hydrogen-bond donors (Lipinski definition) is 1. The lowest BCUT2D eigenvalue weighted by molar-refractivity contribution is 0.0697. The Hall–Kier alpha value is -2.07. The average Bonchev–Trinajstić information content (AvgIpc) is 2.91. The highest BCUT2D eigenvalue weighted by atomic mass is 16.4. The van der Waals surface area contributed by atoms with Crippen LogP contribution in [0, 0.1) is 0 Å². The fourth-order valence-electron chi connectivity index (χ4n) is 1.91. The minimum atomic E-state index is -0.894. The van der Waals surface area contributed by atoms with Crippen molar-refractivity contribution in [3.63, 3.8) is 0 Å². The number of benzene rings is 1. The van der Waals surface area contributed by atoms with Gasteiger partial charge in [-0.3, -0.25) is 4.90 Å². The number of nitrogens with zero attached hydrogens (tertiary/aromatic N) is 1. The summed E-state index contributed by atoms with van der Waals surface area (Å²) in [5.41, 5.74) is 1.41. The van der Waals surface area contributed by atoms with Gasteiger partial charge in [-0.05, 0) is 36.4 Å². The summed E-state index contributed by atoms with van der Waals surface area (Å²) in [6.07, 6.45) is 1.67. The Morgan fingerprint density at radius 2 is 1.95 bits per heavy atom. The van der Waals surface area contributed by atoms with Crippen LogP contribution in [0.5, 0.6) is 0 Å². The smallest absolute Gasteiger partial charge is 0.335 e. The first kappa shape index (κ1) is 13.4. The summed E-state index contributed by atoms with van der Waals surface area (Å²) in [6.45, 7) is 4.53. The second-order valence-electron chi connectivity index (χ2n) is 4.38. The van der Waals surface area contributed by atoms with Gasteiger partial charge < -0.3 is 9.52 Å². The largest absolute Gasteiger partial charge is 0.478 e. The monoisotopic (exact) mass is 259 g/mol. The van der Waals surface area contributed by atoms with E-state index in [0.717, 1.165) is 31.0 Å². The van der Waals surface area contributed by atoms with E-state index < -0.39 is 5.97 Å². The molecular weight excluding hydrogens is 242 g/mol. The van der Waals surface area contributed by atoms with Gasteiger partial charge in [0.2, 0.25) is 0 Å². The van der Waals surface area contributed by atoms with Gasteiger partial charge in [0.25, 0.3) is 0 Å². The topological polar surface area (TPSA) is 53.7 Å². The van der Waals surface area contributed by atoms with E-state index >= 15 is 0 Å². The zero-order valence-electron chi connectivity index (χ0n) is 10.9. The second kappa shape index (κ2) is 6.20. The van der Waals surface area contributed by atoms with Gasteiger partial charge in [0, 0.05) is 6.54 Å². The third-order valence-electron chi connectivity index (χ3n) is 3.01. The normalized spacial score (nSPS) is 10.8. The molecule has 0 spiro atoms. The molecule has 0 bridgehead atoms. The third kappa shape index (κ3) is 3.69. The van der Waals surface area contributed by atoms with Crippen LogP contribution in [0.15, 0.2) is 47.1 Å². The minimum absolute atomic E-state index is 0.317. The number of hydrogen-bond acceptors (Lipinski definition) is 3. The van der Waals surface area contributed by atoms with Crippen LogP contribution in [0.2, 0.25) is 0 Å². The lowest BCUT2D eigenvalue weighted by Gasteiger charge is -2.19. The number of carbonyl (C=O) groups is 1. The molecule has 0 radical (unpaired) electrons. The van der Waals surface area contributed by atoms with Crippen LogP contribution in [0.3, 0.4) is 0 Å². The molecule has 0 aliphatic rings. The quantitative estimate of drug-likeness (QED) is 0.866. The predicted molar refractivity (Wildman–Crippen MR) is 71.9 cm³/mol. The van der Waals surface area contributed by atoms with E-state index in [2.05, 4.69) is 11.8 Å². The molecule has 19 heavy (non-hydrogen) atoms. The van der Waals surface area contributed by atoms with E-state index in [1.165, 1.54) is 0 Å². The van der Waals surface area contributed by atoms with Crippen molar-refractivity contribution in [1.29, 1.82) is 0 Å². The van der Waals surface area contributed by atoms with Crippen molar-refractivity contribution in [2.75, 3.05) is 6.54 Å². The molecule has 0 aliphatic heterocycles. The van der Waals surface area contributed by atoms with Gasteiger partial charge in [0.1, 0.15) is 5.76 Å². The Kier molecular flexibility index (Phi) is 4.36. The van der Waals surface area contributed by atoms with Crippen molar-refractivity contribution in [1.82, 2.24) is 4.90 Å². The first-order chi connectivity index (χ1) is 9.19. The summed E-state index contributed by atoms with van der Waals surface area (Å²) in [5.74, 6) is 0.0403. The Balaban J connectivity index is 1.99. The number of carboxylic acid groups (broad SMARTS) is 1. The highest BCUT2D eigenvalue weighted by molar-refractivity contribution is 5.87. The van der Waals surface area contributed by atoms with E-state index in [9.17, 15) is 4.79 Å². The molecule has 1 N–H and O–H groups in total. The van der Waals surface area contributed by atoms with Crippen LogP contribution in [0.25, 0.3) is 0 Å². The van der Waals surface area contributed by atoms with Crippen molar-refractivity contribution in [3.05, 3.63) is 59.5 Å². The Labute approximate surface area is 112 Å². The molecule has 0 saturated heterocycles. The Morgan fingerprint density at radius 3 is 2.47 bits per heavy atom. The standard InChI is InChI=1S/C15H17NO3/c1-2-16(11-14-4-3-9-19-14)10-12-5-7-13(8-6-12)15(17)18/h3-9H,2,10-11H2,1H3,(H,17,18). The molecule has 1 heterocycles. The van der Waals surface area contributed by atoms with Gasteiger partial charge in [0.05, 0.1) is 18.4 Å². The molecule has 0 unspecified atom stereocenters. The second-order valence-corrected chi connectivity index (χ2v) is 4.38. The van der Waals surface area contributed by atoms with Gasteiger partial charge >= 0.3 is 5.97 Å². The summed E-state index contributed by atoms with van der Waals surface area (Å²) in [4.78, 5) is 13.0. The number of rotatable bonds is 6. The molecule has 2 aromatic rings. The Morgan fingerprint density at radius 1 is 1.21 bits per heavy atom. The summed E-state index contributed by atoms with van der Waals surface area (Å²) in [6, 6.07) is 10.8. The van der Waals surface area contributed by atoms with Crippen molar-refractivity contribution < 1.29 is 14.3 Å². The lowest BCUT2D eigenvalue weighted by Crippen LogP contribution is -2.22. The van der Waals surface area contributed by atoms with Crippen LogP contribution in [0.1, 0.15) is 28.6 Å². The highest BCUT2D eigenvalue weighted by Crippen LogP contribution is 2.11. The molecule has 0 aliphatic carbocycles. The SMILES string of the molecule is CCN(Cc1ccc(C(=O)O)cc1)Cc1ccco1. The zero-order valence-corrected chi connectivity index (χ0v) is 10.9. The molecule has 0 amide bonds. The van der Waals surface area contributed by atoms with Gasteiger partial charge in [-0.2, -0.15) is 0 Å². The van der Waals surface area contributed by atoms with Crippen LogP contribution in [-0.2, 0) is 13.1 Å². The summed E-state index contributed by atoms with van der Waals surface area (Å²) in [5, 5.41) is 8.85. The molecule has 4 heteroatoms. The maximum Gasteiger partial charge on any atom is 0.335 e. The molecule has 100 valence electrons. The number of furan rings is 1. The van der Waals surface area contributed by atoms with Crippen LogP contribution < -0.4 is 0 Å². The number of aromatic carboxylic acids is 1. The molecule has 1 aromatic heterocycles. The third-order valence-corrected chi connectivity index (χ3v) is 3.01. The van der Waals surface area contributed by atoms with Crippen molar-refractivity contribution in [2.45, 2.75) is 20.0 Å². The van der Waals surface area contributed by atoms with Crippen molar-refractivity contribution in [3.8, 4) is 0 Å². The molecule has 0 fully saturated rings. The predicted octanol–water partition coefficient (Wildman–Crippen LogP) is 3.00. The van der Waals surface area contributed by atoms with Gasteiger partial charge in [-0.25, -0.2) is 4.79 Å². The molecule has 1 aromatic carbocycles. The zero-order chi connectivity index (χ0) is 13.7. The van der Waals surface area contributed by atoms with E-state index in [0.29, 0.717) is 5.56 Å². The fraction of sp³-hybridized carbons (Fsp3) is 0.267. The first-order valence-electron chi connectivity index (χ1n) is 6.26. The van der Waals surface area contributed by atoms with E-state index in [1.807, 2.05) is 24.3 Å². The maximum absolute atomic E-state index is 10.8. The minimum Gasteiger partial charge on any atom is -0.478 e. The molecular formula is C15H17NO3. The first-order valence-corrected chi connectivity index (χ1v) is 6.26. The van der Waals surface area contributed by atoms with Crippen LogP contribution in [-0.4, -0.2) is 22.5 Å². The van der Waals surface area contributed by atoms with E-state index in [-0.39, 0.29) is 0 Å². The van der Waals surface area contributed by atoms with Crippen molar-refractivity contribution >= 4 is 5.97 Å². The average molecular weight is 259 g/mol. The summed E-state index contributed by atoms with van der Waals surface area (Å²) >= 11 is 0. The van der Waals surface area contributed by atoms with Gasteiger partial charge in [0.15, 0.2) is 0 Å². The molecule has 2 rings (SSSR count). The highest BCUT2D eigenvalue weighted by Gasteiger charge is 2.08. The van der Waals surface area contributed by atoms with Crippen LogP contribution >= 0.6 is 0 Å². The summed E-state index contributed by atoms with van der Waals surface area (Å²) in [7, 11) is 0. The molecule has 0 atom stereocenters. The lowest BCUT2D eigenvalue weighted by atomic mass is 10.1. The van der Waals surface area contributed by atoms with Gasteiger partial charge in [-0.15, -0.1) is 0 Å². The maximum atomic E-state index is 10.8. The fourth-order valence-corrected chi connectivity index (χ4v) is 1.91. The Bertz CT molecular complexity index is 517.